The van der Waals surface area contributed by atoms with E-state index in [1.807, 2.05) is 0 Å². The van der Waals surface area contributed by atoms with Crippen molar-refractivity contribution in [3.8, 4) is 11.1 Å². The minimum Gasteiger partial charge on any atom is -0.398 e. The van der Waals surface area contributed by atoms with Crippen molar-refractivity contribution >= 4 is 5.69 Å². The third-order valence-corrected chi connectivity index (χ3v) is 3.12. The molecule has 0 aliphatic carbocycles. The summed E-state index contributed by atoms with van der Waals surface area (Å²) in [7, 11) is 0. The smallest absolute Gasteiger partial charge is 0.131 e. The fourth-order valence-electron chi connectivity index (χ4n) is 2.22. The number of nitrogens with two attached hydrogens (primary N) is 1. The SMILES string of the molecule is Cc1cc(F)c(-c2c(C)cc(F)cc2C)cc1N. The first-order valence-corrected chi connectivity index (χ1v) is 5.73. The van der Waals surface area contributed by atoms with Crippen LogP contribution in [-0.4, -0.2) is 0 Å². The molecule has 0 aliphatic heterocycles. The predicted molar refractivity (Wildman–Crippen MR) is 70.4 cm³/mol. The summed E-state index contributed by atoms with van der Waals surface area (Å²) in [4.78, 5) is 0. The summed E-state index contributed by atoms with van der Waals surface area (Å²) in [5.74, 6) is -0.645. The standard InChI is InChI=1S/C15H15F2N/c1-8-6-13(17)12(7-14(8)18)15-9(2)4-11(16)5-10(15)3/h4-7H,18H2,1-3H3. The van der Waals surface area contributed by atoms with Crippen LogP contribution in [0.2, 0.25) is 0 Å². The Morgan fingerprint density at radius 1 is 0.833 bits per heavy atom. The molecule has 0 saturated heterocycles. The third kappa shape index (κ3) is 2.08. The molecule has 0 aliphatic rings. The Balaban J connectivity index is 2.73. The summed E-state index contributed by atoms with van der Waals surface area (Å²) in [6.07, 6.45) is 0. The lowest BCUT2D eigenvalue weighted by atomic mass is 9.94. The Morgan fingerprint density at radius 2 is 1.39 bits per heavy atom. The van der Waals surface area contributed by atoms with Gasteiger partial charge in [-0.2, -0.15) is 0 Å². The molecule has 0 aromatic heterocycles. The molecule has 2 rings (SSSR count). The summed E-state index contributed by atoms with van der Waals surface area (Å²) in [6.45, 7) is 5.29. The van der Waals surface area contributed by atoms with Crippen LogP contribution in [0.3, 0.4) is 0 Å². The van der Waals surface area contributed by atoms with Crippen molar-refractivity contribution in [1.29, 1.82) is 0 Å². The molecular formula is C15H15F2N. The third-order valence-electron chi connectivity index (χ3n) is 3.12. The van der Waals surface area contributed by atoms with E-state index in [4.69, 9.17) is 5.73 Å². The van der Waals surface area contributed by atoms with E-state index in [0.717, 1.165) is 0 Å². The second-order valence-corrected chi connectivity index (χ2v) is 4.60. The highest BCUT2D eigenvalue weighted by Gasteiger charge is 2.13. The number of rotatable bonds is 1. The molecule has 18 heavy (non-hydrogen) atoms. The minimum absolute atomic E-state index is 0.311. The molecule has 94 valence electrons. The monoisotopic (exact) mass is 247 g/mol. The Hall–Kier alpha value is -1.90. The molecule has 2 aromatic carbocycles. The van der Waals surface area contributed by atoms with Crippen LogP contribution in [0.5, 0.6) is 0 Å². The maximum absolute atomic E-state index is 14.0. The molecular weight excluding hydrogens is 232 g/mol. The van der Waals surface area contributed by atoms with Crippen LogP contribution in [-0.2, 0) is 0 Å². The molecule has 0 amide bonds. The highest BCUT2D eigenvalue weighted by atomic mass is 19.1. The highest BCUT2D eigenvalue weighted by Crippen LogP contribution is 2.32. The first-order valence-electron chi connectivity index (χ1n) is 5.73. The van der Waals surface area contributed by atoms with Gasteiger partial charge in [0.05, 0.1) is 0 Å². The van der Waals surface area contributed by atoms with Gasteiger partial charge in [-0.3, -0.25) is 0 Å². The minimum atomic E-state index is -0.334. The van der Waals surface area contributed by atoms with Crippen molar-refractivity contribution in [2.45, 2.75) is 20.8 Å². The average Bonchev–Trinajstić information content (AvgIpc) is 2.24. The molecule has 0 unspecified atom stereocenters. The summed E-state index contributed by atoms with van der Waals surface area (Å²) < 4.78 is 27.3. The second kappa shape index (κ2) is 4.41. The zero-order valence-corrected chi connectivity index (χ0v) is 10.6. The number of aryl methyl sites for hydroxylation is 3. The van der Waals surface area contributed by atoms with Gasteiger partial charge in [0.2, 0.25) is 0 Å². The van der Waals surface area contributed by atoms with E-state index in [1.165, 1.54) is 18.2 Å². The van der Waals surface area contributed by atoms with E-state index in [1.54, 1.807) is 26.8 Å². The number of hydrogen-bond acceptors (Lipinski definition) is 1. The molecule has 0 fully saturated rings. The number of halogens is 2. The van der Waals surface area contributed by atoms with Crippen LogP contribution in [0, 0.1) is 32.4 Å². The predicted octanol–water partition coefficient (Wildman–Crippen LogP) is 4.14. The van der Waals surface area contributed by atoms with Gasteiger partial charge in [-0.15, -0.1) is 0 Å². The Bertz CT molecular complexity index is 595. The molecule has 0 spiro atoms. The van der Waals surface area contributed by atoms with Crippen molar-refractivity contribution in [3.05, 3.63) is 52.6 Å². The van der Waals surface area contributed by atoms with Gasteiger partial charge in [-0.05, 0) is 67.3 Å². The lowest BCUT2D eigenvalue weighted by Crippen LogP contribution is -1.97. The lowest BCUT2D eigenvalue weighted by Gasteiger charge is -2.13. The van der Waals surface area contributed by atoms with Crippen LogP contribution >= 0.6 is 0 Å². The van der Waals surface area contributed by atoms with Gasteiger partial charge in [0.1, 0.15) is 11.6 Å². The van der Waals surface area contributed by atoms with Crippen LogP contribution in [0.4, 0.5) is 14.5 Å². The number of nitrogen functional groups attached to an aromatic ring is 1. The Labute approximate surface area is 105 Å². The zero-order chi connectivity index (χ0) is 13.4. The van der Waals surface area contributed by atoms with Gasteiger partial charge < -0.3 is 5.73 Å². The van der Waals surface area contributed by atoms with Crippen molar-refractivity contribution in [1.82, 2.24) is 0 Å². The van der Waals surface area contributed by atoms with E-state index < -0.39 is 0 Å². The lowest BCUT2D eigenvalue weighted by molar-refractivity contribution is 0.623. The molecule has 0 atom stereocenters. The van der Waals surface area contributed by atoms with Crippen molar-refractivity contribution < 1.29 is 8.78 Å². The van der Waals surface area contributed by atoms with Gasteiger partial charge in [0.15, 0.2) is 0 Å². The van der Waals surface area contributed by atoms with E-state index in [-0.39, 0.29) is 11.6 Å². The van der Waals surface area contributed by atoms with Crippen LogP contribution in [0.1, 0.15) is 16.7 Å². The first kappa shape index (κ1) is 12.6. The average molecular weight is 247 g/mol. The molecule has 2 N–H and O–H groups in total. The molecule has 0 saturated carbocycles. The summed E-state index contributed by atoms with van der Waals surface area (Å²) in [6, 6.07) is 5.82. The van der Waals surface area contributed by atoms with Crippen LogP contribution in [0.15, 0.2) is 24.3 Å². The highest BCUT2D eigenvalue weighted by molar-refractivity contribution is 5.74. The van der Waals surface area contributed by atoms with Crippen molar-refractivity contribution in [3.63, 3.8) is 0 Å². The van der Waals surface area contributed by atoms with Crippen LogP contribution in [0.25, 0.3) is 11.1 Å². The van der Waals surface area contributed by atoms with Gasteiger partial charge >= 0.3 is 0 Å². The van der Waals surface area contributed by atoms with E-state index >= 15 is 0 Å². The molecule has 0 radical (unpaired) electrons. The summed E-state index contributed by atoms with van der Waals surface area (Å²) >= 11 is 0. The fraction of sp³-hybridized carbons (Fsp3) is 0.200. The maximum atomic E-state index is 14.0. The zero-order valence-electron chi connectivity index (χ0n) is 10.6. The normalized spacial score (nSPS) is 10.7. The first-order chi connectivity index (χ1) is 8.40. The molecule has 0 heterocycles. The van der Waals surface area contributed by atoms with Crippen molar-refractivity contribution in [2.24, 2.45) is 0 Å². The molecule has 1 nitrogen and oxygen atoms in total. The number of anilines is 1. The molecule has 0 bridgehead atoms. The van der Waals surface area contributed by atoms with E-state index in [2.05, 4.69) is 0 Å². The number of hydrogen-bond donors (Lipinski definition) is 1. The molecule has 3 heteroatoms. The van der Waals surface area contributed by atoms with E-state index in [9.17, 15) is 8.78 Å². The second-order valence-electron chi connectivity index (χ2n) is 4.60. The Kier molecular flexibility index (Phi) is 3.07. The Morgan fingerprint density at radius 3 is 1.94 bits per heavy atom. The van der Waals surface area contributed by atoms with Gasteiger partial charge in [0.25, 0.3) is 0 Å². The van der Waals surface area contributed by atoms with Crippen molar-refractivity contribution in [2.75, 3.05) is 5.73 Å². The van der Waals surface area contributed by atoms with E-state index in [0.29, 0.717) is 33.5 Å². The van der Waals surface area contributed by atoms with Gasteiger partial charge in [0, 0.05) is 11.3 Å². The van der Waals surface area contributed by atoms with Gasteiger partial charge in [-0.1, -0.05) is 0 Å². The molecule has 2 aromatic rings. The maximum Gasteiger partial charge on any atom is 0.131 e. The summed E-state index contributed by atoms with van der Waals surface area (Å²) in [5.41, 5.74) is 9.60. The largest absolute Gasteiger partial charge is 0.398 e. The van der Waals surface area contributed by atoms with Gasteiger partial charge in [-0.25, -0.2) is 8.78 Å². The fourth-order valence-corrected chi connectivity index (χ4v) is 2.22. The van der Waals surface area contributed by atoms with Crippen LogP contribution < -0.4 is 5.73 Å². The topological polar surface area (TPSA) is 26.0 Å². The summed E-state index contributed by atoms with van der Waals surface area (Å²) in [5, 5.41) is 0. The quantitative estimate of drug-likeness (QED) is 0.753. The number of benzene rings is 2.